The summed E-state index contributed by atoms with van der Waals surface area (Å²) in [5.41, 5.74) is 1.02. The van der Waals surface area contributed by atoms with E-state index in [-0.39, 0.29) is 6.04 Å². The summed E-state index contributed by atoms with van der Waals surface area (Å²) in [4.78, 5) is 4.31. The average molecular weight is 237 g/mol. The van der Waals surface area contributed by atoms with E-state index >= 15 is 0 Å². The fourth-order valence-corrected chi connectivity index (χ4v) is 2.15. The summed E-state index contributed by atoms with van der Waals surface area (Å²) in [6.07, 6.45) is 7.53. The van der Waals surface area contributed by atoms with Crippen LogP contribution in [-0.4, -0.2) is 25.3 Å². The van der Waals surface area contributed by atoms with Crippen LogP contribution in [0.3, 0.4) is 0 Å². The summed E-state index contributed by atoms with van der Waals surface area (Å²) in [5.74, 6) is 1.10. The maximum absolute atomic E-state index is 4.31. The first-order chi connectivity index (χ1) is 7.81. The topological polar surface area (TPSA) is 55.6 Å². The van der Waals surface area contributed by atoms with E-state index in [2.05, 4.69) is 19.0 Å². The van der Waals surface area contributed by atoms with E-state index in [1.165, 1.54) is 11.7 Å². The molecule has 2 heterocycles. The number of hydrogen-bond donors (Lipinski definition) is 1. The molecule has 0 saturated heterocycles. The largest absolute Gasteiger partial charge is 0.338 e. The summed E-state index contributed by atoms with van der Waals surface area (Å²) in [6.45, 7) is 0. The third-order valence-electron chi connectivity index (χ3n) is 2.66. The molecule has 5 nitrogen and oxygen atoms in total. The van der Waals surface area contributed by atoms with Gasteiger partial charge < -0.3 is 9.88 Å². The third-order valence-corrected chi connectivity index (χ3v) is 3.15. The van der Waals surface area contributed by atoms with Crippen LogP contribution in [0.25, 0.3) is 0 Å². The Kier molecular flexibility index (Phi) is 3.63. The Hall–Kier alpha value is -1.27. The number of aromatic nitrogens is 4. The van der Waals surface area contributed by atoms with Crippen LogP contribution in [-0.2, 0) is 13.5 Å². The normalized spacial score (nSPS) is 12.9. The van der Waals surface area contributed by atoms with Gasteiger partial charge in [0.25, 0.3) is 0 Å². The van der Waals surface area contributed by atoms with Crippen LogP contribution in [0.5, 0.6) is 0 Å². The molecular weight excluding hydrogens is 222 g/mol. The first-order valence-electron chi connectivity index (χ1n) is 5.22. The van der Waals surface area contributed by atoms with Gasteiger partial charge in [-0.15, -0.1) is 0 Å². The number of imidazole rings is 1. The molecule has 0 aromatic carbocycles. The molecule has 2 aromatic rings. The van der Waals surface area contributed by atoms with Crippen LogP contribution < -0.4 is 5.32 Å². The summed E-state index contributed by atoms with van der Waals surface area (Å²) in [6, 6.07) is 0.260. The van der Waals surface area contributed by atoms with Gasteiger partial charge in [0.2, 0.25) is 0 Å². The van der Waals surface area contributed by atoms with Crippen molar-refractivity contribution in [2.75, 3.05) is 7.05 Å². The number of hydrogen-bond acceptors (Lipinski definition) is 5. The second-order valence-electron chi connectivity index (χ2n) is 3.67. The van der Waals surface area contributed by atoms with Crippen molar-refractivity contribution in [3.05, 3.63) is 30.1 Å². The molecule has 16 heavy (non-hydrogen) atoms. The second kappa shape index (κ2) is 5.18. The first kappa shape index (κ1) is 11.2. The van der Waals surface area contributed by atoms with Crippen LogP contribution in [0.1, 0.15) is 24.0 Å². The van der Waals surface area contributed by atoms with Gasteiger partial charge in [-0.25, -0.2) is 4.98 Å². The molecule has 1 unspecified atom stereocenters. The molecule has 6 heteroatoms. The van der Waals surface area contributed by atoms with Gasteiger partial charge in [-0.1, -0.05) is 0 Å². The Morgan fingerprint density at radius 2 is 2.44 bits per heavy atom. The average Bonchev–Trinajstić information content (AvgIpc) is 2.92. The molecule has 1 N–H and O–H groups in total. The fraction of sp³-hybridized carbons (Fsp3) is 0.500. The lowest BCUT2D eigenvalue weighted by Gasteiger charge is -2.12. The number of aryl methyl sites for hydroxylation is 2. The molecule has 0 spiro atoms. The minimum Gasteiger partial charge on any atom is -0.338 e. The van der Waals surface area contributed by atoms with Gasteiger partial charge >= 0.3 is 0 Å². The van der Waals surface area contributed by atoms with Gasteiger partial charge in [-0.2, -0.15) is 8.75 Å². The Morgan fingerprint density at radius 1 is 1.56 bits per heavy atom. The molecule has 0 bridgehead atoms. The lowest BCUT2D eigenvalue weighted by atomic mass is 10.1. The quantitative estimate of drug-likeness (QED) is 0.848. The molecule has 2 aromatic heterocycles. The minimum absolute atomic E-state index is 0.260. The van der Waals surface area contributed by atoms with Crippen molar-refractivity contribution in [1.29, 1.82) is 0 Å². The fourth-order valence-electron chi connectivity index (χ4n) is 1.68. The van der Waals surface area contributed by atoms with Crippen LogP contribution >= 0.6 is 11.7 Å². The zero-order valence-corrected chi connectivity index (χ0v) is 10.2. The molecule has 1 atom stereocenters. The Bertz CT molecular complexity index is 422. The zero-order chi connectivity index (χ0) is 11.4. The monoisotopic (exact) mass is 237 g/mol. The highest BCUT2D eigenvalue weighted by molar-refractivity contribution is 6.99. The number of rotatable bonds is 5. The SMILES string of the molecule is CNC(CCc1nccn1C)c1cnsn1. The Labute approximate surface area is 98.9 Å². The van der Waals surface area contributed by atoms with Gasteiger partial charge in [0.1, 0.15) is 5.82 Å². The Balaban J connectivity index is 1.96. The molecule has 0 aliphatic carbocycles. The number of nitrogens with one attached hydrogen (secondary N) is 1. The van der Waals surface area contributed by atoms with E-state index < -0.39 is 0 Å². The van der Waals surface area contributed by atoms with Crippen LogP contribution in [0.4, 0.5) is 0 Å². The highest BCUT2D eigenvalue weighted by Crippen LogP contribution is 2.16. The predicted octanol–water partition coefficient (Wildman–Crippen LogP) is 1.16. The maximum atomic E-state index is 4.31. The molecule has 0 aliphatic rings. The van der Waals surface area contributed by atoms with Crippen LogP contribution in [0.2, 0.25) is 0 Å². The van der Waals surface area contributed by atoms with Crippen molar-refractivity contribution in [3.63, 3.8) is 0 Å². The first-order valence-corrected chi connectivity index (χ1v) is 5.95. The molecule has 0 aliphatic heterocycles. The second-order valence-corrected chi connectivity index (χ2v) is 4.22. The van der Waals surface area contributed by atoms with Gasteiger partial charge in [-0.3, -0.25) is 0 Å². The molecule has 0 fully saturated rings. The zero-order valence-electron chi connectivity index (χ0n) is 9.42. The van der Waals surface area contributed by atoms with E-state index in [1.54, 1.807) is 0 Å². The number of nitrogens with zero attached hydrogens (tertiary/aromatic N) is 4. The smallest absolute Gasteiger partial charge is 0.108 e. The highest BCUT2D eigenvalue weighted by Gasteiger charge is 2.12. The molecule has 0 saturated carbocycles. The van der Waals surface area contributed by atoms with Crippen molar-refractivity contribution in [2.24, 2.45) is 7.05 Å². The van der Waals surface area contributed by atoms with E-state index in [4.69, 9.17) is 0 Å². The van der Waals surface area contributed by atoms with E-state index in [1.807, 2.05) is 37.3 Å². The highest BCUT2D eigenvalue weighted by atomic mass is 32.1. The molecule has 86 valence electrons. The van der Waals surface area contributed by atoms with Crippen LogP contribution in [0, 0.1) is 0 Å². The summed E-state index contributed by atoms with van der Waals surface area (Å²) < 4.78 is 10.3. The maximum Gasteiger partial charge on any atom is 0.108 e. The van der Waals surface area contributed by atoms with Crippen molar-refractivity contribution in [2.45, 2.75) is 18.9 Å². The molecular formula is C10H15N5S. The lowest BCUT2D eigenvalue weighted by Crippen LogP contribution is -2.18. The van der Waals surface area contributed by atoms with Gasteiger partial charge in [0.15, 0.2) is 0 Å². The van der Waals surface area contributed by atoms with Gasteiger partial charge in [0, 0.05) is 25.9 Å². The molecule has 0 amide bonds. The molecule has 0 radical (unpaired) electrons. The van der Waals surface area contributed by atoms with Gasteiger partial charge in [0.05, 0.1) is 29.7 Å². The van der Waals surface area contributed by atoms with Crippen LogP contribution in [0.15, 0.2) is 18.6 Å². The minimum atomic E-state index is 0.260. The van der Waals surface area contributed by atoms with Crippen molar-refractivity contribution >= 4 is 11.7 Å². The van der Waals surface area contributed by atoms with Gasteiger partial charge in [-0.05, 0) is 13.5 Å². The van der Waals surface area contributed by atoms with Crippen molar-refractivity contribution in [1.82, 2.24) is 23.6 Å². The summed E-state index contributed by atoms with van der Waals surface area (Å²) in [7, 11) is 3.96. The predicted molar refractivity (Wildman–Crippen MR) is 63.2 cm³/mol. The summed E-state index contributed by atoms with van der Waals surface area (Å²) >= 11 is 1.25. The molecule has 2 rings (SSSR count). The standard InChI is InChI=1S/C10H15N5S/c1-11-8(9-7-13-16-14-9)3-4-10-12-5-6-15(10)2/h5-8,11H,3-4H2,1-2H3. The van der Waals surface area contributed by atoms with Crippen molar-refractivity contribution < 1.29 is 0 Å². The van der Waals surface area contributed by atoms with E-state index in [9.17, 15) is 0 Å². The Morgan fingerprint density at radius 3 is 3.00 bits per heavy atom. The van der Waals surface area contributed by atoms with E-state index in [0.29, 0.717) is 0 Å². The third kappa shape index (κ3) is 2.45. The lowest BCUT2D eigenvalue weighted by molar-refractivity contribution is 0.527. The van der Waals surface area contributed by atoms with Crippen molar-refractivity contribution in [3.8, 4) is 0 Å². The van der Waals surface area contributed by atoms with E-state index in [0.717, 1.165) is 24.4 Å². The summed E-state index contributed by atoms with van der Waals surface area (Å²) in [5, 5.41) is 3.25.